The quantitative estimate of drug-likeness (QED) is 0.634. The summed E-state index contributed by atoms with van der Waals surface area (Å²) in [4.78, 5) is 12.1. The van der Waals surface area contributed by atoms with Crippen LogP contribution in [0.1, 0.15) is 35.5 Å². The van der Waals surface area contributed by atoms with Gasteiger partial charge in [0.15, 0.2) is 5.69 Å². The van der Waals surface area contributed by atoms with Gasteiger partial charge in [-0.15, -0.1) is 5.10 Å². The molecule has 1 N–H and O–H groups in total. The van der Waals surface area contributed by atoms with Crippen LogP contribution >= 0.6 is 0 Å². The predicted octanol–water partition coefficient (Wildman–Crippen LogP) is 3.17. The van der Waals surface area contributed by atoms with E-state index in [9.17, 15) is 4.79 Å². The molecule has 0 bridgehead atoms. The van der Waals surface area contributed by atoms with Gasteiger partial charge in [0, 0.05) is 13.2 Å². The third-order valence-electron chi connectivity index (χ3n) is 3.99. The Morgan fingerprint density at radius 2 is 1.81 bits per heavy atom. The van der Waals surface area contributed by atoms with Gasteiger partial charge >= 0.3 is 0 Å². The minimum absolute atomic E-state index is 0.0395. The molecule has 6 heteroatoms. The molecule has 0 aliphatic carbocycles. The number of hydrogen-bond donors (Lipinski definition) is 1. The van der Waals surface area contributed by atoms with Crippen LogP contribution in [0, 0.1) is 0 Å². The summed E-state index contributed by atoms with van der Waals surface area (Å²) in [5, 5.41) is 10.8. The van der Waals surface area contributed by atoms with E-state index >= 15 is 0 Å². The molecule has 26 heavy (non-hydrogen) atoms. The number of carbonyl (C=O) groups is 1. The zero-order valence-electron chi connectivity index (χ0n) is 14.7. The largest absolute Gasteiger partial charge is 0.374 e. The van der Waals surface area contributed by atoms with Crippen molar-refractivity contribution in [1.82, 2.24) is 20.3 Å². The van der Waals surface area contributed by atoms with Gasteiger partial charge in [-0.2, -0.15) is 0 Å². The van der Waals surface area contributed by atoms with Gasteiger partial charge in [-0.25, -0.2) is 4.68 Å². The highest BCUT2D eigenvalue weighted by molar-refractivity contribution is 5.91. The summed E-state index contributed by atoms with van der Waals surface area (Å²) in [6, 6.07) is 19.6. The number of aromatic nitrogens is 3. The van der Waals surface area contributed by atoms with Crippen LogP contribution in [0.2, 0.25) is 0 Å². The van der Waals surface area contributed by atoms with Crippen molar-refractivity contribution in [2.75, 3.05) is 13.2 Å². The molecule has 6 nitrogen and oxygen atoms in total. The Bertz CT molecular complexity index is 818. The van der Waals surface area contributed by atoms with Crippen LogP contribution in [-0.2, 0) is 4.74 Å². The number of ether oxygens (including phenoxy) is 1. The zero-order valence-corrected chi connectivity index (χ0v) is 14.7. The molecule has 0 spiro atoms. The second-order valence-corrected chi connectivity index (χ2v) is 5.92. The minimum atomic E-state index is -0.233. The second kappa shape index (κ2) is 8.92. The van der Waals surface area contributed by atoms with Crippen LogP contribution in [-0.4, -0.2) is 34.1 Å². The van der Waals surface area contributed by atoms with Crippen LogP contribution < -0.4 is 5.32 Å². The standard InChI is InChI=1S/C20H22N4O2/c1-16(17-9-4-2-5-10-17)26-14-8-13-21-20(25)19-15-24(23-22-19)18-11-6-3-7-12-18/h2-7,9-12,15-16H,8,13-14H2,1H3,(H,21,25). The molecule has 1 amide bonds. The van der Waals surface area contributed by atoms with Crippen LogP contribution in [0.25, 0.3) is 5.69 Å². The third-order valence-corrected chi connectivity index (χ3v) is 3.99. The molecule has 0 aliphatic heterocycles. The van der Waals surface area contributed by atoms with Crippen LogP contribution in [0.15, 0.2) is 66.9 Å². The third kappa shape index (κ3) is 4.77. The second-order valence-electron chi connectivity index (χ2n) is 5.92. The van der Waals surface area contributed by atoms with E-state index in [2.05, 4.69) is 15.6 Å². The number of amides is 1. The molecule has 0 aliphatic rings. The van der Waals surface area contributed by atoms with Crippen LogP contribution in [0.4, 0.5) is 0 Å². The fraction of sp³-hybridized carbons (Fsp3) is 0.250. The van der Waals surface area contributed by atoms with Crippen molar-refractivity contribution in [3.63, 3.8) is 0 Å². The Morgan fingerprint density at radius 3 is 2.54 bits per heavy atom. The summed E-state index contributed by atoms with van der Waals surface area (Å²) in [6.07, 6.45) is 2.40. The molecule has 3 aromatic rings. The van der Waals surface area contributed by atoms with Crippen molar-refractivity contribution in [3.8, 4) is 5.69 Å². The SMILES string of the molecule is CC(OCCCNC(=O)c1cn(-c2ccccc2)nn1)c1ccccc1. The van der Waals surface area contributed by atoms with Gasteiger partial charge in [-0.1, -0.05) is 53.7 Å². The Morgan fingerprint density at radius 1 is 1.12 bits per heavy atom. The first-order chi connectivity index (χ1) is 12.7. The number of rotatable bonds is 8. The number of nitrogens with one attached hydrogen (secondary N) is 1. The van der Waals surface area contributed by atoms with E-state index in [0.717, 1.165) is 17.7 Å². The maximum atomic E-state index is 12.1. The van der Waals surface area contributed by atoms with Crippen molar-refractivity contribution in [1.29, 1.82) is 0 Å². The summed E-state index contributed by atoms with van der Waals surface area (Å²) >= 11 is 0. The zero-order chi connectivity index (χ0) is 18.2. The minimum Gasteiger partial charge on any atom is -0.374 e. The lowest BCUT2D eigenvalue weighted by Crippen LogP contribution is -2.25. The highest BCUT2D eigenvalue weighted by Crippen LogP contribution is 2.15. The fourth-order valence-corrected chi connectivity index (χ4v) is 2.52. The molecule has 1 atom stereocenters. The van der Waals surface area contributed by atoms with Crippen LogP contribution in [0.3, 0.4) is 0 Å². The first-order valence-electron chi connectivity index (χ1n) is 8.66. The highest BCUT2D eigenvalue weighted by atomic mass is 16.5. The molecule has 0 fully saturated rings. The Kier molecular flexibility index (Phi) is 6.11. The van der Waals surface area contributed by atoms with Gasteiger partial charge in [-0.05, 0) is 31.0 Å². The summed E-state index contributed by atoms with van der Waals surface area (Å²) < 4.78 is 7.38. The lowest BCUT2D eigenvalue weighted by Gasteiger charge is -2.13. The molecule has 1 unspecified atom stereocenters. The molecule has 2 aromatic carbocycles. The van der Waals surface area contributed by atoms with Crippen molar-refractivity contribution >= 4 is 5.91 Å². The molecular weight excluding hydrogens is 328 g/mol. The summed E-state index contributed by atoms with van der Waals surface area (Å²) in [5.41, 5.74) is 2.31. The van der Waals surface area contributed by atoms with Crippen LogP contribution in [0.5, 0.6) is 0 Å². The van der Waals surface area contributed by atoms with Gasteiger partial charge in [0.25, 0.3) is 5.91 Å². The molecule has 134 valence electrons. The summed E-state index contributed by atoms with van der Waals surface area (Å²) in [5.74, 6) is -0.233. The van der Waals surface area contributed by atoms with Crippen molar-refractivity contribution in [2.24, 2.45) is 0 Å². The van der Waals surface area contributed by atoms with E-state index in [0.29, 0.717) is 18.8 Å². The molecule has 0 radical (unpaired) electrons. The van der Waals surface area contributed by atoms with Crippen molar-refractivity contribution in [2.45, 2.75) is 19.4 Å². The monoisotopic (exact) mass is 350 g/mol. The normalized spacial score (nSPS) is 11.9. The number of carbonyl (C=O) groups excluding carboxylic acids is 1. The van der Waals surface area contributed by atoms with E-state index in [1.165, 1.54) is 0 Å². The lowest BCUT2D eigenvalue weighted by atomic mass is 10.1. The topological polar surface area (TPSA) is 69.0 Å². The van der Waals surface area contributed by atoms with Gasteiger partial charge in [0.1, 0.15) is 0 Å². The number of para-hydroxylation sites is 1. The molecule has 0 saturated carbocycles. The molecule has 1 heterocycles. The van der Waals surface area contributed by atoms with E-state index in [-0.39, 0.29) is 12.0 Å². The number of benzene rings is 2. The van der Waals surface area contributed by atoms with Crippen molar-refractivity contribution < 1.29 is 9.53 Å². The Labute approximate surface area is 152 Å². The molecule has 1 aromatic heterocycles. The maximum absolute atomic E-state index is 12.1. The highest BCUT2D eigenvalue weighted by Gasteiger charge is 2.11. The van der Waals surface area contributed by atoms with Crippen molar-refractivity contribution in [3.05, 3.63) is 78.1 Å². The van der Waals surface area contributed by atoms with E-state index in [4.69, 9.17) is 4.74 Å². The first-order valence-corrected chi connectivity index (χ1v) is 8.66. The summed E-state index contributed by atoms with van der Waals surface area (Å²) in [7, 11) is 0. The Hall–Kier alpha value is -2.99. The van der Waals surface area contributed by atoms with E-state index in [1.807, 2.05) is 67.6 Å². The van der Waals surface area contributed by atoms with E-state index < -0.39 is 0 Å². The number of hydrogen-bond acceptors (Lipinski definition) is 4. The molecular formula is C20H22N4O2. The molecule has 3 rings (SSSR count). The first kappa shape index (κ1) is 17.8. The number of nitrogens with zero attached hydrogens (tertiary/aromatic N) is 3. The lowest BCUT2D eigenvalue weighted by molar-refractivity contribution is 0.0634. The molecule has 0 saturated heterocycles. The Balaban J connectivity index is 1.40. The smallest absolute Gasteiger partial charge is 0.273 e. The average Bonchev–Trinajstić information content (AvgIpc) is 3.19. The van der Waals surface area contributed by atoms with Gasteiger partial charge in [-0.3, -0.25) is 4.79 Å². The summed E-state index contributed by atoms with van der Waals surface area (Å²) in [6.45, 7) is 3.13. The van der Waals surface area contributed by atoms with Gasteiger partial charge in [0.2, 0.25) is 0 Å². The van der Waals surface area contributed by atoms with Gasteiger partial charge in [0.05, 0.1) is 18.0 Å². The fourth-order valence-electron chi connectivity index (χ4n) is 2.52. The predicted molar refractivity (Wildman–Crippen MR) is 99.1 cm³/mol. The average molecular weight is 350 g/mol. The van der Waals surface area contributed by atoms with Gasteiger partial charge < -0.3 is 10.1 Å². The maximum Gasteiger partial charge on any atom is 0.273 e. The van der Waals surface area contributed by atoms with E-state index in [1.54, 1.807) is 10.9 Å².